The van der Waals surface area contributed by atoms with Crippen LogP contribution in [0.5, 0.6) is 0 Å². The lowest BCUT2D eigenvalue weighted by Gasteiger charge is -2.28. The fourth-order valence-electron chi connectivity index (χ4n) is 3.76. The summed E-state index contributed by atoms with van der Waals surface area (Å²) in [7, 11) is -3.67. The van der Waals surface area contributed by atoms with Crippen molar-refractivity contribution in [3.05, 3.63) is 53.7 Å². The van der Waals surface area contributed by atoms with Crippen molar-refractivity contribution < 1.29 is 18.1 Å². The molecule has 0 radical (unpaired) electrons. The normalized spacial score (nSPS) is 18.4. The van der Waals surface area contributed by atoms with E-state index in [0.717, 1.165) is 35.8 Å². The van der Waals surface area contributed by atoms with Crippen LogP contribution < -0.4 is 16.0 Å². The summed E-state index contributed by atoms with van der Waals surface area (Å²) in [6, 6.07) is 12.3. The van der Waals surface area contributed by atoms with Crippen LogP contribution in [-0.2, 0) is 16.7 Å². The number of rotatable bonds is 7. The minimum atomic E-state index is -3.67. The van der Waals surface area contributed by atoms with Crippen LogP contribution in [0, 0.1) is 5.92 Å². The second kappa shape index (κ2) is 11.6. The number of β-amino-alcohol motifs (C(OH)–C–C–N with tert-alkyl or cyclic N) is 1. The van der Waals surface area contributed by atoms with Gasteiger partial charge >= 0.3 is 0 Å². The zero-order chi connectivity index (χ0) is 24.7. The Morgan fingerprint density at radius 3 is 2.59 bits per heavy atom. The van der Waals surface area contributed by atoms with E-state index >= 15 is 0 Å². The highest BCUT2D eigenvalue weighted by Gasteiger charge is 2.23. The molecule has 1 aromatic carbocycles. The molecule has 0 aliphatic carbocycles. The van der Waals surface area contributed by atoms with Gasteiger partial charge in [0.1, 0.15) is 11.6 Å². The lowest BCUT2D eigenvalue weighted by Crippen LogP contribution is -2.43. The van der Waals surface area contributed by atoms with Gasteiger partial charge in [0, 0.05) is 37.2 Å². The number of aromatic nitrogens is 3. The highest BCUT2D eigenvalue weighted by atomic mass is 32.2. The zero-order valence-electron chi connectivity index (χ0n) is 19.8. The minimum Gasteiger partial charge on any atom is -0.391 e. The Labute approximate surface area is 200 Å². The van der Waals surface area contributed by atoms with Gasteiger partial charge < -0.3 is 21.1 Å². The standard InChI is InChI=1S/C22H30N6O.CH4O3S/c1-15(2)18-13-26-28-21(25-11-16-6-4-3-5-7-16)10-20(27-22(18)28)24-12-17-8-9-23-14-19(17)29;1-5(2,3)4/h3-7,10,13,15,17,19,23,25,29H,8-9,11-12,14H2,1-2H3,(H,24,27);1H3,(H,2,3,4)/t17-,19+;/m1./s1. The third kappa shape index (κ3) is 7.66. The Morgan fingerprint density at radius 1 is 1.24 bits per heavy atom. The summed E-state index contributed by atoms with van der Waals surface area (Å²) in [5.74, 6) is 2.27. The van der Waals surface area contributed by atoms with Crippen LogP contribution in [0.2, 0.25) is 0 Å². The molecule has 3 aromatic rings. The van der Waals surface area contributed by atoms with Crippen molar-refractivity contribution in [2.45, 2.75) is 38.8 Å². The topological polar surface area (TPSA) is 141 Å². The maximum absolute atomic E-state index is 10.2. The second-order valence-corrected chi connectivity index (χ2v) is 10.3. The molecule has 0 saturated carbocycles. The van der Waals surface area contributed by atoms with E-state index in [1.807, 2.05) is 35.0 Å². The number of aliphatic hydroxyl groups is 1. The van der Waals surface area contributed by atoms with E-state index in [4.69, 9.17) is 9.54 Å². The van der Waals surface area contributed by atoms with Crippen molar-refractivity contribution in [1.82, 2.24) is 19.9 Å². The van der Waals surface area contributed by atoms with E-state index in [0.29, 0.717) is 31.8 Å². The first kappa shape index (κ1) is 25.9. The number of nitrogens with one attached hydrogen (secondary N) is 3. The molecule has 2 aromatic heterocycles. The number of hydrogen-bond acceptors (Lipinski definition) is 8. The molecular weight excluding hydrogens is 456 g/mol. The molecule has 1 fully saturated rings. The third-order valence-electron chi connectivity index (χ3n) is 5.57. The molecule has 0 spiro atoms. The lowest BCUT2D eigenvalue weighted by atomic mass is 9.95. The first-order valence-corrected chi connectivity index (χ1v) is 13.2. The molecular formula is C23H34N6O4S. The molecule has 1 aliphatic rings. The minimum absolute atomic E-state index is 0.226. The number of anilines is 2. The van der Waals surface area contributed by atoms with E-state index in [9.17, 15) is 13.5 Å². The molecule has 34 heavy (non-hydrogen) atoms. The van der Waals surface area contributed by atoms with Gasteiger partial charge in [0.05, 0.1) is 18.6 Å². The quantitative estimate of drug-likeness (QED) is 0.316. The van der Waals surface area contributed by atoms with Crippen LogP contribution >= 0.6 is 0 Å². The maximum atomic E-state index is 10.2. The number of hydrogen-bond donors (Lipinski definition) is 5. The van der Waals surface area contributed by atoms with Gasteiger partial charge in [0.15, 0.2) is 5.65 Å². The Kier molecular flexibility index (Phi) is 8.84. The molecule has 11 heteroatoms. The van der Waals surface area contributed by atoms with E-state index in [2.05, 4.69) is 47.0 Å². The van der Waals surface area contributed by atoms with Gasteiger partial charge in [-0.05, 0) is 24.4 Å². The molecule has 2 atom stereocenters. The van der Waals surface area contributed by atoms with E-state index in [1.54, 1.807) is 0 Å². The first-order chi connectivity index (χ1) is 16.1. The van der Waals surface area contributed by atoms with Crippen LogP contribution in [0.3, 0.4) is 0 Å². The number of aliphatic hydroxyl groups excluding tert-OH is 1. The molecule has 0 bridgehead atoms. The SMILES string of the molecule is CC(C)c1cnn2c(NCc3ccccc3)cc(NC[C@H]3CCNC[C@@H]3O)nc12.CS(=O)(=O)O. The fraction of sp³-hybridized carbons (Fsp3) is 0.478. The summed E-state index contributed by atoms with van der Waals surface area (Å²) >= 11 is 0. The van der Waals surface area contributed by atoms with Gasteiger partial charge in [0.25, 0.3) is 10.1 Å². The van der Waals surface area contributed by atoms with Gasteiger partial charge in [-0.25, -0.2) is 4.98 Å². The predicted molar refractivity (Wildman–Crippen MR) is 134 cm³/mol. The lowest BCUT2D eigenvalue weighted by molar-refractivity contribution is 0.0883. The molecule has 0 amide bonds. The van der Waals surface area contributed by atoms with Crippen LogP contribution in [0.4, 0.5) is 11.6 Å². The Balaban J connectivity index is 0.000000588. The average molecular weight is 491 g/mol. The Morgan fingerprint density at radius 2 is 1.94 bits per heavy atom. The van der Waals surface area contributed by atoms with Crippen molar-refractivity contribution in [3.63, 3.8) is 0 Å². The van der Waals surface area contributed by atoms with Gasteiger partial charge in [0.2, 0.25) is 0 Å². The smallest absolute Gasteiger partial charge is 0.261 e. The van der Waals surface area contributed by atoms with Crippen molar-refractivity contribution in [2.75, 3.05) is 36.5 Å². The highest BCUT2D eigenvalue weighted by molar-refractivity contribution is 7.85. The van der Waals surface area contributed by atoms with Gasteiger partial charge in [-0.15, -0.1) is 0 Å². The summed E-state index contributed by atoms with van der Waals surface area (Å²) in [6.45, 7) is 7.32. The van der Waals surface area contributed by atoms with Gasteiger partial charge in [-0.3, -0.25) is 4.55 Å². The number of piperidine rings is 1. The monoisotopic (exact) mass is 490 g/mol. The second-order valence-electron chi connectivity index (χ2n) is 8.79. The number of benzene rings is 1. The third-order valence-corrected chi connectivity index (χ3v) is 5.57. The molecule has 3 heterocycles. The van der Waals surface area contributed by atoms with E-state index < -0.39 is 10.1 Å². The van der Waals surface area contributed by atoms with Crippen LogP contribution in [0.15, 0.2) is 42.6 Å². The molecule has 5 N–H and O–H groups in total. The van der Waals surface area contributed by atoms with Crippen LogP contribution in [0.1, 0.15) is 37.3 Å². The zero-order valence-corrected chi connectivity index (χ0v) is 20.6. The maximum Gasteiger partial charge on any atom is 0.261 e. The molecule has 0 unspecified atom stereocenters. The molecule has 10 nitrogen and oxygen atoms in total. The van der Waals surface area contributed by atoms with Gasteiger partial charge in [-0.1, -0.05) is 44.2 Å². The molecule has 1 saturated heterocycles. The summed E-state index contributed by atoms with van der Waals surface area (Å²) in [4.78, 5) is 4.83. The average Bonchev–Trinajstić information content (AvgIpc) is 3.21. The largest absolute Gasteiger partial charge is 0.391 e. The molecule has 1 aliphatic heterocycles. The van der Waals surface area contributed by atoms with E-state index in [1.165, 1.54) is 5.56 Å². The number of fused-ring (bicyclic) bond motifs is 1. The number of nitrogens with zero attached hydrogens (tertiary/aromatic N) is 3. The predicted octanol–water partition coefficient (Wildman–Crippen LogP) is 2.35. The molecule has 186 valence electrons. The Hall–Kier alpha value is -2.73. The van der Waals surface area contributed by atoms with Gasteiger partial charge in [-0.2, -0.15) is 18.0 Å². The van der Waals surface area contributed by atoms with Crippen molar-refractivity contribution in [1.29, 1.82) is 0 Å². The highest BCUT2D eigenvalue weighted by Crippen LogP contribution is 2.25. The Bertz CT molecular complexity index is 1160. The fourth-order valence-corrected chi connectivity index (χ4v) is 3.76. The summed E-state index contributed by atoms with van der Waals surface area (Å²) < 4.78 is 27.7. The van der Waals surface area contributed by atoms with Crippen LogP contribution in [0.25, 0.3) is 5.65 Å². The van der Waals surface area contributed by atoms with Crippen molar-refractivity contribution in [3.8, 4) is 0 Å². The summed E-state index contributed by atoms with van der Waals surface area (Å²) in [5.41, 5.74) is 3.20. The van der Waals surface area contributed by atoms with Crippen molar-refractivity contribution >= 4 is 27.4 Å². The summed E-state index contributed by atoms with van der Waals surface area (Å²) in [5, 5.41) is 25.0. The summed E-state index contributed by atoms with van der Waals surface area (Å²) in [6.07, 6.45) is 3.25. The van der Waals surface area contributed by atoms with E-state index in [-0.39, 0.29) is 12.0 Å². The first-order valence-electron chi connectivity index (χ1n) is 11.3. The van der Waals surface area contributed by atoms with Crippen LogP contribution in [-0.4, -0.2) is 64.7 Å². The molecule has 4 rings (SSSR count). The van der Waals surface area contributed by atoms with Crippen molar-refractivity contribution in [2.24, 2.45) is 5.92 Å².